The maximum absolute atomic E-state index is 12.2. The number of rotatable bonds is 9. The molecule has 0 bridgehead atoms. The van der Waals surface area contributed by atoms with Crippen LogP contribution in [0.5, 0.6) is 0 Å². The Morgan fingerprint density at radius 1 is 1.00 bits per heavy atom. The normalized spacial score (nSPS) is 11.1. The molecule has 0 spiro atoms. The lowest BCUT2D eigenvalue weighted by Gasteiger charge is -2.07. The number of methoxy groups -OCH3 is 1. The van der Waals surface area contributed by atoms with Gasteiger partial charge in [0, 0.05) is 19.2 Å². The van der Waals surface area contributed by atoms with Crippen molar-refractivity contribution < 1.29 is 27.9 Å². The summed E-state index contributed by atoms with van der Waals surface area (Å²) in [6.07, 6.45) is 0.551. The van der Waals surface area contributed by atoms with Gasteiger partial charge in [-0.3, -0.25) is 4.79 Å². The van der Waals surface area contributed by atoms with Crippen molar-refractivity contribution in [2.24, 2.45) is 0 Å². The van der Waals surface area contributed by atoms with Gasteiger partial charge in [0.25, 0.3) is 5.91 Å². The average Bonchev–Trinajstić information content (AvgIpc) is 2.67. The summed E-state index contributed by atoms with van der Waals surface area (Å²) in [6, 6.07) is 12.2. The molecule has 0 radical (unpaired) electrons. The summed E-state index contributed by atoms with van der Waals surface area (Å²) in [5.74, 6) is -1.41. The van der Waals surface area contributed by atoms with Crippen molar-refractivity contribution in [2.75, 3.05) is 26.0 Å². The number of sulfone groups is 1. The molecule has 144 valence electrons. The zero-order valence-electron chi connectivity index (χ0n) is 14.8. The van der Waals surface area contributed by atoms with E-state index in [1.807, 2.05) is 0 Å². The summed E-state index contributed by atoms with van der Waals surface area (Å²) >= 11 is 0. The summed E-state index contributed by atoms with van der Waals surface area (Å²) in [5, 5.41) is 11.6. The van der Waals surface area contributed by atoms with Crippen LogP contribution in [0.25, 0.3) is 0 Å². The predicted octanol–water partition coefficient (Wildman–Crippen LogP) is 1.78. The van der Waals surface area contributed by atoms with Crippen molar-refractivity contribution in [3.05, 3.63) is 65.2 Å². The quantitative estimate of drug-likeness (QED) is 0.674. The first-order valence-electron chi connectivity index (χ1n) is 8.25. The lowest BCUT2D eigenvalue weighted by atomic mass is 10.1. The van der Waals surface area contributed by atoms with Gasteiger partial charge in [-0.05, 0) is 48.4 Å². The Labute approximate surface area is 157 Å². The van der Waals surface area contributed by atoms with Crippen LogP contribution in [0.4, 0.5) is 0 Å². The maximum Gasteiger partial charge on any atom is 0.335 e. The van der Waals surface area contributed by atoms with E-state index in [2.05, 4.69) is 5.32 Å². The van der Waals surface area contributed by atoms with Crippen LogP contribution in [0, 0.1) is 0 Å². The van der Waals surface area contributed by atoms with Crippen molar-refractivity contribution in [1.82, 2.24) is 5.32 Å². The third kappa shape index (κ3) is 5.90. The number of carbonyl (C=O) groups is 2. The highest BCUT2D eigenvalue weighted by Gasteiger charge is 2.15. The molecule has 0 heterocycles. The molecule has 27 heavy (non-hydrogen) atoms. The molecule has 2 rings (SSSR count). The van der Waals surface area contributed by atoms with Crippen LogP contribution in [0.15, 0.2) is 53.4 Å². The van der Waals surface area contributed by atoms with Crippen molar-refractivity contribution in [3.8, 4) is 0 Å². The minimum atomic E-state index is -3.43. The zero-order chi connectivity index (χ0) is 19.9. The number of hydrogen-bond donors (Lipinski definition) is 2. The lowest BCUT2D eigenvalue weighted by molar-refractivity contribution is 0.0696. The SMILES string of the molecule is COCCS(=O)(=O)c1ccc(C(=O)NCCc2ccc(C(=O)O)cc2)cc1. The Morgan fingerprint density at radius 2 is 1.59 bits per heavy atom. The summed E-state index contributed by atoms with van der Waals surface area (Å²) in [6.45, 7) is 0.483. The highest BCUT2D eigenvalue weighted by atomic mass is 32.2. The van der Waals surface area contributed by atoms with E-state index in [1.165, 1.54) is 43.5 Å². The Morgan fingerprint density at radius 3 is 2.15 bits per heavy atom. The first-order chi connectivity index (χ1) is 12.8. The van der Waals surface area contributed by atoms with Gasteiger partial charge in [0.2, 0.25) is 0 Å². The van der Waals surface area contributed by atoms with Crippen LogP contribution >= 0.6 is 0 Å². The number of nitrogens with one attached hydrogen (secondary N) is 1. The molecule has 0 saturated heterocycles. The van der Waals surface area contributed by atoms with E-state index in [4.69, 9.17) is 9.84 Å². The largest absolute Gasteiger partial charge is 0.478 e. The summed E-state index contributed by atoms with van der Waals surface area (Å²) in [7, 11) is -1.99. The van der Waals surface area contributed by atoms with Gasteiger partial charge < -0.3 is 15.2 Å². The van der Waals surface area contributed by atoms with Crippen molar-refractivity contribution >= 4 is 21.7 Å². The van der Waals surface area contributed by atoms with Crippen LogP contribution in [0.2, 0.25) is 0 Å². The van der Waals surface area contributed by atoms with Crippen LogP contribution in [-0.2, 0) is 21.0 Å². The lowest BCUT2D eigenvalue weighted by Crippen LogP contribution is -2.25. The molecule has 0 aliphatic carbocycles. The van der Waals surface area contributed by atoms with Gasteiger partial charge in [-0.1, -0.05) is 12.1 Å². The highest BCUT2D eigenvalue weighted by Crippen LogP contribution is 2.13. The minimum Gasteiger partial charge on any atom is -0.478 e. The number of aromatic carboxylic acids is 1. The number of ether oxygens (including phenoxy) is 1. The smallest absolute Gasteiger partial charge is 0.335 e. The second kappa shape index (κ2) is 9.29. The summed E-state index contributed by atoms with van der Waals surface area (Å²) in [5.41, 5.74) is 1.48. The van der Waals surface area contributed by atoms with E-state index in [0.29, 0.717) is 18.5 Å². The molecule has 0 aromatic heterocycles. The Balaban J connectivity index is 1.89. The fourth-order valence-corrected chi connectivity index (χ4v) is 3.53. The number of benzene rings is 2. The number of carboxylic acids is 1. The van der Waals surface area contributed by atoms with E-state index in [9.17, 15) is 18.0 Å². The summed E-state index contributed by atoms with van der Waals surface area (Å²) in [4.78, 5) is 23.1. The number of carbonyl (C=O) groups excluding carboxylic acids is 1. The van der Waals surface area contributed by atoms with Gasteiger partial charge in [-0.15, -0.1) is 0 Å². The second-order valence-electron chi connectivity index (χ2n) is 5.84. The monoisotopic (exact) mass is 391 g/mol. The first-order valence-corrected chi connectivity index (χ1v) is 9.91. The number of amides is 1. The molecule has 1 amide bonds. The molecular formula is C19H21NO6S. The molecule has 2 aromatic rings. The topological polar surface area (TPSA) is 110 Å². The third-order valence-electron chi connectivity index (χ3n) is 3.93. The average molecular weight is 391 g/mol. The number of hydrogen-bond acceptors (Lipinski definition) is 5. The molecule has 7 nitrogen and oxygen atoms in total. The van der Waals surface area contributed by atoms with E-state index >= 15 is 0 Å². The van der Waals surface area contributed by atoms with Crippen LogP contribution in [-0.4, -0.2) is 51.4 Å². The molecular weight excluding hydrogens is 370 g/mol. The van der Waals surface area contributed by atoms with Gasteiger partial charge in [0.15, 0.2) is 9.84 Å². The molecule has 2 aromatic carbocycles. The van der Waals surface area contributed by atoms with Crippen molar-refractivity contribution in [3.63, 3.8) is 0 Å². The molecule has 0 fully saturated rings. The van der Waals surface area contributed by atoms with Gasteiger partial charge in [-0.2, -0.15) is 0 Å². The fourth-order valence-electron chi connectivity index (χ4n) is 2.36. The van der Waals surface area contributed by atoms with E-state index < -0.39 is 15.8 Å². The van der Waals surface area contributed by atoms with Crippen molar-refractivity contribution in [1.29, 1.82) is 0 Å². The minimum absolute atomic E-state index is 0.109. The van der Waals surface area contributed by atoms with Crippen molar-refractivity contribution in [2.45, 2.75) is 11.3 Å². The Bertz CT molecular complexity index is 889. The number of carboxylic acid groups (broad SMARTS) is 1. The van der Waals surface area contributed by atoms with E-state index in [1.54, 1.807) is 12.1 Å². The molecule has 2 N–H and O–H groups in total. The van der Waals surface area contributed by atoms with E-state index in [-0.39, 0.29) is 28.7 Å². The third-order valence-corrected chi connectivity index (χ3v) is 5.63. The standard InChI is InChI=1S/C19H21NO6S/c1-26-12-13-27(24,25)17-8-6-15(7-9-17)18(21)20-11-10-14-2-4-16(5-3-14)19(22)23/h2-9H,10-13H2,1H3,(H,20,21)(H,22,23). The van der Waals surface area contributed by atoms with Crippen LogP contribution in [0.1, 0.15) is 26.3 Å². The summed E-state index contributed by atoms with van der Waals surface area (Å²) < 4.78 is 28.9. The Kier molecular flexibility index (Phi) is 7.09. The molecule has 0 saturated carbocycles. The van der Waals surface area contributed by atoms with Gasteiger partial charge >= 0.3 is 5.97 Å². The van der Waals surface area contributed by atoms with Crippen LogP contribution in [0.3, 0.4) is 0 Å². The van der Waals surface area contributed by atoms with Crippen LogP contribution < -0.4 is 5.32 Å². The fraction of sp³-hybridized carbons (Fsp3) is 0.263. The highest BCUT2D eigenvalue weighted by molar-refractivity contribution is 7.91. The van der Waals surface area contributed by atoms with Gasteiger partial charge in [0.05, 0.1) is 22.8 Å². The molecule has 0 unspecified atom stereocenters. The molecule has 0 aliphatic rings. The predicted molar refractivity (Wildman–Crippen MR) is 99.8 cm³/mol. The Hall–Kier alpha value is -2.71. The molecule has 0 atom stereocenters. The zero-order valence-corrected chi connectivity index (χ0v) is 15.7. The van der Waals surface area contributed by atoms with Gasteiger partial charge in [-0.25, -0.2) is 13.2 Å². The molecule has 0 aliphatic heterocycles. The van der Waals surface area contributed by atoms with Gasteiger partial charge in [0.1, 0.15) is 0 Å². The first kappa shape index (κ1) is 20.6. The second-order valence-corrected chi connectivity index (χ2v) is 7.95. The molecule has 8 heteroatoms. The maximum atomic E-state index is 12.2. The van der Waals surface area contributed by atoms with E-state index in [0.717, 1.165) is 5.56 Å².